The summed E-state index contributed by atoms with van der Waals surface area (Å²) >= 11 is 0. The van der Waals surface area contributed by atoms with Gasteiger partial charge in [-0.2, -0.15) is 0 Å². The van der Waals surface area contributed by atoms with E-state index in [4.69, 9.17) is 4.42 Å². The Hall–Kier alpha value is -3.08. The van der Waals surface area contributed by atoms with Gasteiger partial charge in [-0.25, -0.2) is 9.97 Å². The monoisotopic (exact) mass is 358 g/mol. The second-order valence-corrected chi connectivity index (χ2v) is 7.49. The van der Waals surface area contributed by atoms with Gasteiger partial charge in [0.15, 0.2) is 11.4 Å². The van der Waals surface area contributed by atoms with Crippen LogP contribution >= 0.6 is 0 Å². The molecule has 0 spiro atoms. The van der Waals surface area contributed by atoms with Crippen molar-refractivity contribution in [1.82, 2.24) is 9.97 Å². The van der Waals surface area contributed by atoms with Crippen molar-refractivity contribution in [3.05, 3.63) is 53.9 Å². The number of furan rings is 1. The van der Waals surface area contributed by atoms with Gasteiger partial charge < -0.3 is 14.2 Å². The normalized spacial score (nSPS) is 14.0. The summed E-state index contributed by atoms with van der Waals surface area (Å²) in [6.07, 6.45) is 1.86. The standard InChI is InChI=1S/C22H22N4O/c1-13(2)25-12-26(18-6-5-11-23-21(18)25)19-14(3)7-9-16-17-10-8-15(4)24-22(17)27-20(16)19/h5-11,13H,12H2,1-4H3. The average molecular weight is 358 g/mol. The second-order valence-electron chi connectivity index (χ2n) is 7.49. The lowest BCUT2D eigenvalue weighted by atomic mass is 10.1. The number of benzene rings is 1. The van der Waals surface area contributed by atoms with Gasteiger partial charge in [0, 0.05) is 28.7 Å². The lowest BCUT2D eigenvalue weighted by molar-refractivity contribution is 0.649. The van der Waals surface area contributed by atoms with E-state index >= 15 is 0 Å². The minimum absolute atomic E-state index is 0.364. The Morgan fingerprint density at radius 1 is 1.04 bits per heavy atom. The number of nitrogens with zero attached hydrogens (tertiary/aromatic N) is 4. The fourth-order valence-corrected chi connectivity index (χ4v) is 3.95. The zero-order valence-corrected chi connectivity index (χ0v) is 16.0. The molecule has 5 nitrogen and oxygen atoms in total. The summed E-state index contributed by atoms with van der Waals surface area (Å²) in [6, 6.07) is 12.9. The Morgan fingerprint density at radius 2 is 1.85 bits per heavy atom. The van der Waals surface area contributed by atoms with Crippen molar-refractivity contribution in [3.63, 3.8) is 0 Å². The van der Waals surface area contributed by atoms with E-state index in [9.17, 15) is 0 Å². The number of fused-ring (bicyclic) bond motifs is 4. The predicted octanol–water partition coefficient (Wildman–Crippen LogP) is 5.32. The molecule has 0 amide bonds. The van der Waals surface area contributed by atoms with E-state index < -0.39 is 0 Å². The van der Waals surface area contributed by atoms with Gasteiger partial charge in [0.2, 0.25) is 5.71 Å². The first-order valence-electron chi connectivity index (χ1n) is 9.33. The SMILES string of the molecule is Cc1ccc2c(n1)oc1c(N3CN(C(C)C)c4ncccc43)c(C)ccc12. The molecule has 1 aromatic carbocycles. The molecule has 0 radical (unpaired) electrons. The molecule has 0 unspecified atom stereocenters. The van der Waals surface area contributed by atoms with Gasteiger partial charge in [-0.15, -0.1) is 0 Å². The van der Waals surface area contributed by atoms with Gasteiger partial charge in [-0.05, 0) is 57.5 Å². The molecule has 1 aliphatic heterocycles. The molecule has 27 heavy (non-hydrogen) atoms. The highest BCUT2D eigenvalue weighted by molar-refractivity contribution is 6.09. The lowest BCUT2D eigenvalue weighted by Gasteiger charge is -2.25. The van der Waals surface area contributed by atoms with Gasteiger partial charge in [0.25, 0.3) is 0 Å². The highest BCUT2D eigenvalue weighted by Gasteiger charge is 2.32. The number of aryl methyl sites for hydroxylation is 2. The van der Waals surface area contributed by atoms with Gasteiger partial charge in [-0.3, -0.25) is 0 Å². The molecular weight excluding hydrogens is 336 g/mol. The zero-order valence-electron chi connectivity index (χ0n) is 16.0. The summed E-state index contributed by atoms with van der Waals surface area (Å²) in [6.45, 7) is 9.27. The van der Waals surface area contributed by atoms with Crippen LogP contribution in [-0.2, 0) is 0 Å². The van der Waals surface area contributed by atoms with E-state index in [0.29, 0.717) is 11.8 Å². The van der Waals surface area contributed by atoms with Crippen LogP contribution in [0.15, 0.2) is 47.0 Å². The third-order valence-electron chi connectivity index (χ3n) is 5.34. The first kappa shape index (κ1) is 16.1. The number of anilines is 3. The molecule has 0 fully saturated rings. The quantitative estimate of drug-likeness (QED) is 0.485. The van der Waals surface area contributed by atoms with Crippen molar-refractivity contribution >= 4 is 39.3 Å². The molecule has 136 valence electrons. The first-order valence-corrected chi connectivity index (χ1v) is 9.33. The molecule has 3 aromatic heterocycles. The highest BCUT2D eigenvalue weighted by Crippen LogP contribution is 2.45. The molecule has 0 saturated heterocycles. The van der Waals surface area contributed by atoms with Crippen LogP contribution in [0.4, 0.5) is 17.2 Å². The number of aromatic nitrogens is 2. The van der Waals surface area contributed by atoms with Crippen LogP contribution in [0.25, 0.3) is 22.1 Å². The van der Waals surface area contributed by atoms with Crippen molar-refractivity contribution in [1.29, 1.82) is 0 Å². The Balaban J connectivity index is 1.78. The summed E-state index contributed by atoms with van der Waals surface area (Å²) < 4.78 is 6.28. The lowest BCUT2D eigenvalue weighted by Crippen LogP contribution is -2.34. The molecule has 5 rings (SSSR count). The summed E-state index contributed by atoms with van der Waals surface area (Å²) in [4.78, 5) is 13.9. The summed E-state index contributed by atoms with van der Waals surface area (Å²) in [5.74, 6) is 1.02. The van der Waals surface area contributed by atoms with Crippen molar-refractivity contribution in [2.45, 2.75) is 33.7 Å². The smallest absolute Gasteiger partial charge is 0.227 e. The Kier molecular flexibility index (Phi) is 3.41. The second kappa shape index (κ2) is 5.71. The number of hydrogen-bond acceptors (Lipinski definition) is 5. The van der Waals surface area contributed by atoms with Crippen LogP contribution < -0.4 is 9.80 Å². The number of pyridine rings is 2. The van der Waals surface area contributed by atoms with Crippen molar-refractivity contribution in [3.8, 4) is 0 Å². The fraction of sp³-hybridized carbons (Fsp3) is 0.273. The third kappa shape index (κ3) is 2.31. The summed E-state index contributed by atoms with van der Waals surface area (Å²) in [5, 5.41) is 2.16. The number of hydrogen-bond donors (Lipinski definition) is 0. The largest absolute Gasteiger partial charge is 0.435 e. The molecule has 4 aromatic rings. The predicted molar refractivity (Wildman–Crippen MR) is 110 cm³/mol. The van der Waals surface area contributed by atoms with Gasteiger partial charge in [0.05, 0.1) is 18.0 Å². The third-order valence-corrected chi connectivity index (χ3v) is 5.34. The number of rotatable bonds is 2. The summed E-state index contributed by atoms with van der Waals surface area (Å²) in [7, 11) is 0. The van der Waals surface area contributed by atoms with Crippen LogP contribution in [0.5, 0.6) is 0 Å². The van der Waals surface area contributed by atoms with Crippen LogP contribution in [0, 0.1) is 13.8 Å². The molecule has 0 atom stereocenters. The van der Waals surface area contributed by atoms with Gasteiger partial charge in [0.1, 0.15) is 0 Å². The van der Waals surface area contributed by atoms with Crippen molar-refractivity contribution in [2.75, 3.05) is 16.5 Å². The molecular formula is C22H22N4O. The molecule has 1 aliphatic rings. The van der Waals surface area contributed by atoms with Crippen LogP contribution in [0.1, 0.15) is 25.1 Å². The maximum absolute atomic E-state index is 6.28. The molecule has 4 heterocycles. The van der Waals surface area contributed by atoms with Gasteiger partial charge >= 0.3 is 0 Å². The average Bonchev–Trinajstić information content (AvgIpc) is 3.20. The van der Waals surface area contributed by atoms with E-state index in [0.717, 1.165) is 45.9 Å². The molecule has 0 N–H and O–H groups in total. The topological polar surface area (TPSA) is 45.4 Å². The Bertz CT molecular complexity index is 1180. The maximum atomic E-state index is 6.28. The van der Waals surface area contributed by atoms with Crippen molar-refractivity contribution in [2.24, 2.45) is 0 Å². The van der Waals surface area contributed by atoms with E-state index in [-0.39, 0.29) is 0 Å². The van der Waals surface area contributed by atoms with Gasteiger partial charge in [-0.1, -0.05) is 12.1 Å². The first-order chi connectivity index (χ1) is 13.0. The highest BCUT2D eigenvalue weighted by atomic mass is 16.3. The molecule has 0 aliphatic carbocycles. The molecule has 0 bridgehead atoms. The van der Waals surface area contributed by atoms with Crippen LogP contribution in [-0.4, -0.2) is 22.7 Å². The summed E-state index contributed by atoms with van der Waals surface area (Å²) in [5.41, 5.74) is 5.94. The Morgan fingerprint density at radius 3 is 2.67 bits per heavy atom. The van der Waals surface area contributed by atoms with E-state index in [1.54, 1.807) is 0 Å². The van der Waals surface area contributed by atoms with Crippen LogP contribution in [0.3, 0.4) is 0 Å². The van der Waals surface area contributed by atoms with E-state index in [1.165, 1.54) is 5.56 Å². The van der Waals surface area contributed by atoms with E-state index in [1.807, 2.05) is 25.3 Å². The van der Waals surface area contributed by atoms with E-state index in [2.05, 4.69) is 64.8 Å². The molecule has 0 saturated carbocycles. The van der Waals surface area contributed by atoms with Crippen molar-refractivity contribution < 1.29 is 4.42 Å². The minimum atomic E-state index is 0.364. The maximum Gasteiger partial charge on any atom is 0.227 e. The molecule has 5 heteroatoms. The zero-order chi connectivity index (χ0) is 18.7. The van der Waals surface area contributed by atoms with Crippen LogP contribution in [0.2, 0.25) is 0 Å². The Labute approximate surface area is 158 Å². The fourth-order valence-electron chi connectivity index (χ4n) is 3.95. The minimum Gasteiger partial charge on any atom is -0.435 e.